The standard InChI is InChI=1S/C11H17N3O/c1-8-6-10(15)4-5-14(8)9-2-3-11(12)13-7-9/h2-3,7-8,10,15H,4-6H2,1H3,(H2,12,13). The van der Waals surface area contributed by atoms with Crippen molar-refractivity contribution in [3.8, 4) is 0 Å². The van der Waals surface area contributed by atoms with Crippen LogP contribution in [0.1, 0.15) is 19.8 Å². The summed E-state index contributed by atoms with van der Waals surface area (Å²) in [4.78, 5) is 6.34. The molecule has 2 unspecified atom stereocenters. The Bertz CT molecular complexity index is 325. The maximum Gasteiger partial charge on any atom is 0.123 e. The average molecular weight is 207 g/mol. The van der Waals surface area contributed by atoms with Crippen molar-refractivity contribution in [3.05, 3.63) is 18.3 Å². The number of aliphatic hydroxyl groups excluding tert-OH is 1. The van der Waals surface area contributed by atoms with Crippen molar-refractivity contribution in [1.29, 1.82) is 0 Å². The first-order chi connectivity index (χ1) is 7.16. The van der Waals surface area contributed by atoms with E-state index in [1.807, 2.05) is 12.1 Å². The molecule has 1 aromatic heterocycles. The maximum absolute atomic E-state index is 9.53. The van der Waals surface area contributed by atoms with Crippen LogP contribution in [0.4, 0.5) is 11.5 Å². The molecule has 3 N–H and O–H groups in total. The first-order valence-electron chi connectivity index (χ1n) is 5.33. The van der Waals surface area contributed by atoms with E-state index >= 15 is 0 Å². The zero-order chi connectivity index (χ0) is 10.8. The molecule has 0 radical (unpaired) electrons. The third-order valence-corrected chi connectivity index (χ3v) is 2.95. The lowest BCUT2D eigenvalue weighted by molar-refractivity contribution is 0.131. The molecule has 15 heavy (non-hydrogen) atoms. The summed E-state index contributed by atoms with van der Waals surface area (Å²) >= 11 is 0. The summed E-state index contributed by atoms with van der Waals surface area (Å²) in [5.41, 5.74) is 6.63. The van der Waals surface area contributed by atoms with E-state index in [0.29, 0.717) is 11.9 Å². The fourth-order valence-electron chi connectivity index (χ4n) is 2.10. The highest BCUT2D eigenvalue weighted by atomic mass is 16.3. The van der Waals surface area contributed by atoms with Gasteiger partial charge in [0.05, 0.1) is 18.0 Å². The predicted molar refractivity (Wildman–Crippen MR) is 60.7 cm³/mol. The molecule has 0 aromatic carbocycles. The Morgan fingerprint density at radius 3 is 2.93 bits per heavy atom. The number of piperidine rings is 1. The van der Waals surface area contributed by atoms with E-state index < -0.39 is 0 Å². The number of aliphatic hydroxyl groups is 1. The van der Waals surface area contributed by atoms with Gasteiger partial charge in [0.2, 0.25) is 0 Å². The van der Waals surface area contributed by atoms with Crippen LogP contribution in [0.15, 0.2) is 18.3 Å². The van der Waals surface area contributed by atoms with Crippen LogP contribution >= 0.6 is 0 Å². The molecule has 4 heteroatoms. The van der Waals surface area contributed by atoms with E-state index in [0.717, 1.165) is 25.1 Å². The van der Waals surface area contributed by atoms with Gasteiger partial charge in [-0.05, 0) is 31.9 Å². The largest absolute Gasteiger partial charge is 0.393 e. The first-order valence-corrected chi connectivity index (χ1v) is 5.33. The maximum atomic E-state index is 9.53. The fourth-order valence-corrected chi connectivity index (χ4v) is 2.10. The zero-order valence-electron chi connectivity index (χ0n) is 8.93. The topological polar surface area (TPSA) is 62.4 Å². The van der Waals surface area contributed by atoms with Crippen molar-refractivity contribution in [3.63, 3.8) is 0 Å². The minimum absolute atomic E-state index is 0.155. The third-order valence-electron chi connectivity index (χ3n) is 2.95. The number of nitrogens with zero attached hydrogens (tertiary/aromatic N) is 2. The Labute approximate surface area is 89.7 Å². The highest BCUT2D eigenvalue weighted by Crippen LogP contribution is 2.24. The van der Waals surface area contributed by atoms with Crippen LogP contribution in [0.25, 0.3) is 0 Å². The van der Waals surface area contributed by atoms with Crippen molar-refractivity contribution in [1.82, 2.24) is 4.98 Å². The molecule has 0 aliphatic carbocycles. The molecule has 82 valence electrons. The highest BCUT2D eigenvalue weighted by molar-refractivity contribution is 5.49. The molecule has 1 aliphatic heterocycles. The van der Waals surface area contributed by atoms with E-state index in [4.69, 9.17) is 5.73 Å². The van der Waals surface area contributed by atoms with Crippen molar-refractivity contribution in [2.75, 3.05) is 17.2 Å². The minimum atomic E-state index is -0.155. The SMILES string of the molecule is CC1CC(O)CCN1c1ccc(N)nc1. The van der Waals surface area contributed by atoms with E-state index in [-0.39, 0.29) is 6.10 Å². The molecule has 4 nitrogen and oxygen atoms in total. The molecule has 2 heterocycles. The molecule has 1 aromatic rings. The Balaban J connectivity index is 2.13. The lowest BCUT2D eigenvalue weighted by atomic mass is 10.0. The first kappa shape index (κ1) is 10.2. The molecular weight excluding hydrogens is 190 g/mol. The Morgan fingerprint density at radius 1 is 1.53 bits per heavy atom. The van der Waals surface area contributed by atoms with Gasteiger partial charge in [0.15, 0.2) is 0 Å². The Hall–Kier alpha value is -1.29. The van der Waals surface area contributed by atoms with Crippen LogP contribution in [-0.2, 0) is 0 Å². The number of hydrogen-bond donors (Lipinski definition) is 2. The number of nitrogen functional groups attached to an aromatic ring is 1. The summed E-state index contributed by atoms with van der Waals surface area (Å²) in [5, 5.41) is 9.53. The number of aromatic nitrogens is 1. The number of pyridine rings is 1. The molecule has 1 fully saturated rings. The Morgan fingerprint density at radius 2 is 2.33 bits per heavy atom. The molecular formula is C11H17N3O. The second-order valence-electron chi connectivity index (χ2n) is 4.16. The van der Waals surface area contributed by atoms with Crippen molar-refractivity contribution in [2.45, 2.75) is 31.9 Å². The van der Waals surface area contributed by atoms with E-state index in [9.17, 15) is 5.11 Å². The number of rotatable bonds is 1. The molecule has 1 saturated heterocycles. The second kappa shape index (κ2) is 4.06. The van der Waals surface area contributed by atoms with E-state index in [2.05, 4.69) is 16.8 Å². The van der Waals surface area contributed by atoms with Gasteiger partial charge in [0.25, 0.3) is 0 Å². The van der Waals surface area contributed by atoms with Crippen molar-refractivity contribution < 1.29 is 5.11 Å². The van der Waals surface area contributed by atoms with Crippen molar-refractivity contribution >= 4 is 11.5 Å². The number of hydrogen-bond acceptors (Lipinski definition) is 4. The quantitative estimate of drug-likeness (QED) is 0.721. The highest BCUT2D eigenvalue weighted by Gasteiger charge is 2.24. The van der Waals surface area contributed by atoms with Crippen LogP contribution in [-0.4, -0.2) is 28.8 Å². The van der Waals surface area contributed by atoms with Crippen LogP contribution in [0.2, 0.25) is 0 Å². The lowest BCUT2D eigenvalue weighted by Gasteiger charge is -2.37. The normalized spacial score (nSPS) is 26.7. The van der Waals surface area contributed by atoms with Crippen molar-refractivity contribution in [2.24, 2.45) is 0 Å². The minimum Gasteiger partial charge on any atom is -0.393 e. The molecule has 0 spiro atoms. The van der Waals surface area contributed by atoms with Gasteiger partial charge in [-0.3, -0.25) is 0 Å². The summed E-state index contributed by atoms with van der Waals surface area (Å²) in [6.07, 6.45) is 3.29. The van der Waals surface area contributed by atoms with Crippen LogP contribution in [0, 0.1) is 0 Å². The zero-order valence-corrected chi connectivity index (χ0v) is 8.93. The summed E-state index contributed by atoms with van der Waals surface area (Å²) in [7, 11) is 0. The predicted octanol–water partition coefficient (Wildman–Crippen LogP) is 1.01. The summed E-state index contributed by atoms with van der Waals surface area (Å²) in [6, 6.07) is 4.16. The van der Waals surface area contributed by atoms with Crippen LogP contribution in [0.5, 0.6) is 0 Å². The number of anilines is 2. The van der Waals surface area contributed by atoms with Crippen LogP contribution < -0.4 is 10.6 Å². The van der Waals surface area contributed by atoms with Gasteiger partial charge in [0, 0.05) is 12.6 Å². The lowest BCUT2D eigenvalue weighted by Crippen LogP contribution is -2.42. The summed E-state index contributed by atoms with van der Waals surface area (Å²) in [5.74, 6) is 0.545. The molecule has 2 rings (SSSR count). The summed E-state index contributed by atoms with van der Waals surface area (Å²) < 4.78 is 0. The Kier molecular flexibility index (Phi) is 2.77. The van der Waals surface area contributed by atoms with Gasteiger partial charge in [-0.1, -0.05) is 0 Å². The van der Waals surface area contributed by atoms with Gasteiger partial charge in [-0.25, -0.2) is 4.98 Å². The van der Waals surface area contributed by atoms with Gasteiger partial charge in [-0.2, -0.15) is 0 Å². The average Bonchev–Trinajstić information content (AvgIpc) is 2.20. The van der Waals surface area contributed by atoms with Gasteiger partial charge in [-0.15, -0.1) is 0 Å². The second-order valence-corrected chi connectivity index (χ2v) is 4.16. The van der Waals surface area contributed by atoms with Gasteiger partial charge >= 0.3 is 0 Å². The summed E-state index contributed by atoms with van der Waals surface area (Å²) in [6.45, 7) is 3.01. The number of nitrogens with two attached hydrogens (primary N) is 1. The molecule has 1 aliphatic rings. The van der Waals surface area contributed by atoms with E-state index in [1.54, 1.807) is 6.20 Å². The molecule has 2 atom stereocenters. The smallest absolute Gasteiger partial charge is 0.123 e. The third kappa shape index (κ3) is 2.21. The molecule has 0 amide bonds. The fraction of sp³-hybridized carbons (Fsp3) is 0.545. The van der Waals surface area contributed by atoms with Gasteiger partial charge in [0.1, 0.15) is 5.82 Å². The van der Waals surface area contributed by atoms with Crippen LogP contribution in [0.3, 0.4) is 0 Å². The van der Waals surface area contributed by atoms with Gasteiger partial charge < -0.3 is 15.7 Å². The molecule has 0 bridgehead atoms. The molecule has 0 saturated carbocycles. The van der Waals surface area contributed by atoms with E-state index in [1.165, 1.54) is 0 Å². The monoisotopic (exact) mass is 207 g/mol.